The van der Waals surface area contributed by atoms with Crippen molar-refractivity contribution >= 4 is 16.5 Å². The number of aromatic nitrogens is 1. The topological polar surface area (TPSA) is 36.4 Å². The number of fused-ring (bicyclic) bond motifs is 1. The van der Waals surface area contributed by atoms with E-state index in [1.165, 1.54) is 16.5 Å². The summed E-state index contributed by atoms with van der Waals surface area (Å²) in [7, 11) is 0. The Morgan fingerprint density at radius 1 is 1.35 bits per heavy atom. The molecule has 0 spiro atoms. The van der Waals surface area contributed by atoms with Crippen molar-refractivity contribution in [2.45, 2.75) is 6.42 Å². The third kappa shape index (κ3) is 1.87. The number of benzene rings is 1. The van der Waals surface area contributed by atoms with Gasteiger partial charge in [-0.3, -0.25) is 4.98 Å². The highest BCUT2D eigenvalue weighted by atomic mass is 16.3. The molecule has 1 N–H and O–H groups in total. The summed E-state index contributed by atoms with van der Waals surface area (Å²) < 4.78 is 0. The molecule has 0 bridgehead atoms. The largest absolute Gasteiger partial charge is 0.396 e. The Kier molecular flexibility index (Phi) is 2.69. The zero-order chi connectivity index (χ0) is 11.7. The summed E-state index contributed by atoms with van der Waals surface area (Å²) >= 11 is 0. The minimum atomic E-state index is 0.291. The Morgan fingerprint density at radius 2 is 2.29 bits per heavy atom. The molecule has 0 aliphatic carbocycles. The second kappa shape index (κ2) is 4.34. The first kappa shape index (κ1) is 10.5. The molecule has 1 aliphatic rings. The lowest BCUT2D eigenvalue weighted by Gasteiger charge is -2.20. The summed E-state index contributed by atoms with van der Waals surface area (Å²) in [6.07, 6.45) is 4.83. The van der Waals surface area contributed by atoms with Crippen LogP contribution in [0.2, 0.25) is 0 Å². The van der Waals surface area contributed by atoms with Crippen LogP contribution in [-0.4, -0.2) is 29.8 Å². The standard InChI is InChI=1S/C14H16N2O/c17-10-11-5-7-16(9-11)14-3-1-2-12-4-6-15-8-13(12)14/h1-4,6,8,11,17H,5,7,9-10H2. The molecule has 88 valence electrons. The van der Waals surface area contributed by atoms with E-state index in [4.69, 9.17) is 0 Å². The minimum absolute atomic E-state index is 0.291. The Labute approximate surface area is 101 Å². The Balaban J connectivity index is 2.00. The van der Waals surface area contributed by atoms with E-state index < -0.39 is 0 Å². The number of pyridine rings is 1. The van der Waals surface area contributed by atoms with Crippen molar-refractivity contribution < 1.29 is 5.11 Å². The van der Waals surface area contributed by atoms with E-state index in [0.29, 0.717) is 12.5 Å². The van der Waals surface area contributed by atoms with Crippen molar-refractivity contribution in [3.8, 4) is 0 Å². The fourth-order valence-electron chi connectivity index (χ4n) is 2.57. The molecule has 1 atom stereocenters. The number of nitrogens with zero attached hydrogens (tertiary/aromatic N) is 2. The SMILES string of the molecule is OCC1CCN(c2cccc3ccncc23)C1. The number of aliphatic hydroxyl groups excluding tert-OH is 1. The molecule has 1 aliphatic heterocycles. The summed E-state index contributed by atoms with van der Waals surface area (Å²) in [5.41, 5.74) is 1.24. The molecule has 1 aromatic carbocycles. The second-order valence-corrected chi connectivity index (χ2v) is 4.66. The van der Waals surface area contributed by atoms with Crippen LogP contribution in [-0.2, 0) is 0 Å². The normalized spacial score (nSPS) is 20.1. The highest BCUT2D eigenvalue weighted by Gasteiger charge is 2.22. The van der Waals surface area contributed by atoms with Gasteiger partial charge in [0.25, 0.3) is 0 Å². The molecule has 3 rings (SSSR count). The number of hydrogen-bond acceptors (Lipinski definition) is 3. The Bertz CT molecular complexity index is 521. The van der Waals surface area contributed by atoms with E-state index in [2.05, 4.69) is 28.1 Å². The molecule has 1 saturated heterocycles. The molecule has 0 radical (unpaired) electrons. The number of anilines is 1. The minimum Gasteiger partial charge on any atom is -0.396 e. The van der Waals surface area contributed by atoms with Gasteiger partial charge in [0.2, 0.25) is 0 Å². The van der Waals surface area contributed by atoms with Crippen molar-refractivity contribution in [2.75, 3.05) is 24.6 Å². The monoisotopic (exact) mass is 228 g/mol. The van der Waals surface area contributed by atoms with Gasteiger partial charge in [-0.1, -0.05) is 12.1 Å². The van der Waals surface area contributed by atoms with Crippen molar-refractivity contribution in [1.82, 2.24) is 4.98 Å². The second-order valence-electron chi connectivity index (χ2n) is 4.66. The third-order valence-corrected chi connectivity index (χ3v) is 3.55. The van der Waals surface area contributed by atoms with Gasteiger partial charge in [-0.15, -0.1) is 0 Å². The Morgan fingerprint density at radius 3 is 3.12 bits per heavy atom. The molecule has 3 heteroatoms. The van der Waals surface area contributed by atoms with Crippen molar-refractivity contribution in [3.63, 3.8) is 0 Å². The van der Waals surface area contributed by atoms with Gasteiger partial charge in [0.05, 0.1) is 0 Å². The van der Waals surface area contributed by atoms with Crippen LogP contribution in [0.15, 0.2) is 36.7 Å². The van der Waals surface area contributed by atoms with Crippen molar-refractivity contribution in [2.24, 2.45) is 5.92 Å². The summed E-state index contributed by atoms with van der Waals surface area (Å²) in [6, 6.07) is 8.38. The fourth-order valence-corrected chi connectivity index (χ4v) is 2.57. The van der Waals surface area contributed by atoms with Gasteiger partial charge in [-0.05, 0) is 23.9 Å². The molecule has 0 amide bonds. The molecule has 2 heterocycles. The van der Waals surface area contributed by atoms with E-state index in [9.17, 15) is 5.11 Å². The molecular weight excluding hydrogens is 212 g/mol. The predicted octanol–water partition coefficient (Wildman–Crippen LogP) is 2.05. The summed E-state index contributed by atoms with van der Waals surface area (Å²) in [5.74, 6) is 0.418. The zero-order valence-corrected chi connectivity index (χ0v) is 9.71. The van der Waals surface area contributed by atoms with Gasteiger partial charge < -0.3 is 10.0 Å². The summed E-state index contributed by atoms with van der Waals surface area (Å²) in [4.78, 5) is 6.56. The van der Waals surface area contributed by atoms with Gasteiger partial charge in [0.1, 0.15) is 0 Å². The van der Waals surface area contributed by atoms with E-state index in [0.717, 1.165) is 19.5 Å². The Hall–Kier alpha value is -1.61. The van der Waals surface area contributed by atoms with Gasteiger partial charge >= 0.3 is 0 Å². The van der Waals surface area contributed by atoms with Gasteiger partial charge in [-0.2, -0.15) is 0 Å². The van der Waals surface area contributed by atoms with Crippen LogP contribution in [0.5, 0.6) is 0 Å². The molecule has 2 aromatic rings. The molecule has 17 heavy (non-hydrogen) atoms. The van der Waals surface area contributed by atoms with Crippen molar-refractivity contribution in [1.29, 1.82) is 0 Å². The summed E-state index contributed by atoms with van der Waals surface area (Å²) in [6.45, 7) is 2.27. The summed E-state index contributed by atoms with van der Waals surface area (Å²) in [5, 5.41) is 11.6. The zero-order valence-electron chi connectivity index (χ0n) is 9.71. The van der Waals surface area contributed by atoms with E-state index >= 15 is 0 Å². The van der Waals surface area contributed by atoms with Crippen LogP contribution >= 0.6 is 0 Å². The number of hydrogen-bond donors (Lipinski definition) is 1. The van der Waals surface area contributed by atoms with Gasteiger partial charge in [0.15, 0.2) is 0 Å². The number of aliphatic hydroxyl groups is 1. The molecular formula is C14H16N2O. The highest BCUT2D eigenvalue weighted by Crippen LogP contribution is 2.30. The van der Waals surface area contributed by atoms with E-state index in [1.807, 2.05) is 18.5 Å². The van der Waals surface area contributed by atoms with Gasteiger partial charge in [0, 0.05) is 49.1 Å². The lowest BCUT2D eigenvalue weighted by molar-refractivity contribution is 0.238. The first-order valence-corrected chi connectivity index (χ1v) is 6.07. The smallest absolute Gasteiger partial charge is 0.0476 e. The van der Waals surface area contributed by atoms with Crippen LogP contribution in [0.1, 0.15) is 6.42 Å². The van der Waals surface area contributed by atoms with Crippen LogP contribution in [0.4, 0.5) is 5.69 Å². The average molecular weight is 228 g/mol. The molecule has 1 aromatic heterocycles. The maximum absolute atomic E-state index is 9.20. The maximum atomic E-state index is 9.20. The molecule has 1 fully saturated rings. The molecule has 3 nitrogen and oxygen atoms in total. The van der Waals surface area contributed by atoms with Crippen LogP contribution in [0, 0.1) is 5.92 Å². The van der Waals surface area contributed by atoms with Crippen LogP contribution < -0.4 is 4.90 Å². The number of rotatable bonds is 2. The van der Waals surface area contributed by atoms with E-state index in [-0.39, 0.29) is 0 Å². The first-order valence-electron chi connectivity index (χ1n) is 6.07. The molecule has 1 unspecified atom stereocenters. The first-order chi connectivity index (χ1) is 8.38. The predicted molar refractivity (Wildman–Crippen MR) is 69.1 cm³/mol. The average Bonchev–Trinajstić information content (AvgIpc) is 2.87. The third-order valence-electron chi connectivity index (χ3n) is 3.55. The quantitative estimate of drug-likeness (QED) is 0.854. The van der Waals surface area contributed by atoms with Crippen molar-refractivity contribution in [3.05, 3.63) is 36.7 Å². The van der Waals surface area contributed by atoms with Crippen LogP contribution in [0.25, 0.3) is 10.8 Å². The lowest BCUT2D eigenvalue weighted by Crippen LogP contribution is -2.20. The molecule has 0 saturated carbocycles. The van der Waals surface area contributed by atoms with Crippen LogP contribution in [0.3, 0.4) is 0 Å². The van der Waals surface area contributed by atoms with Gasteiger partial charge in [-0.25, -0.2) is 0 Å². The highest BCUT2D eigenvalue weighted by molar-refractivity contribution is 5.93. The fraction of sp³-hybridized carbons (Fsp3) is 0.357. The maximum Gasteiger partial charge on any atom is 0.0476 e. The van der Waals surface area contributed by atoms with E-state index in [1.54, 1.807) is 0 Å². The lowest BCUT2D eigenvalue weighted by atomic mass is 10.1.